The van der Waals surface area contributed by atoms with Crippen LogP contribution in [0.2, 0.25) is 0 Å². The van der Waals surface area contributed by atoms with Crippen molar-refractivity contribution in [2.45, 2.75) is 39.7 Å². The molecule has 1 aliphatic rings. The maximum Gasteiger partial charge on any atom is 0.224 e. The highest BCUT2D eigenvalue weighted by atomic mass is 16.5. The molecule has 1 fully saturated rings. The minimum Gasteiger partial charge on any atom is -0.379 e. The lowest BCUT2D eigenvalue weighted by atomic mass is 9.96. The summed E-state index contributed by atoms with van der Waals surface area (Å²) in [5, 5.41) is 3.27. The van der Waals surface area contributed by atoms with Crippen molar-refractivity contribution in [1.82, 2.24) is 9.97 Å². The molecule has 0 aliphatic carbocycles. The van der Waals surface area contributed by atoms with Gasteiger partial charge in [0.2, 0.25) is 5.95 Å². The van der Waals surface area contributed by atoms with Gasteiger partial charge in [-0.05, 0) is 25.7 Å². The lowest BCUT2D eigenvalue weighted by Crippen LogP contribution is -2.44. The number of rotatable bonds is 5. The molecular formula is C15H26N4O. The number of methoxy groups -OCH3 is 1. The molecule has 0 bridgehead atoms. The number of nitrogens with one attached hydrogen (secondary N) is 1. The Labute approximate surface area is 121 Å². The van der Waals surface area contributed by atoms with E-state index in [1.807, 2.05) is 6.92 Å². The Morgan fingerprint density at radius 1 is 1.45 bits per heavy atom. The van der Waals surface area contributed by atoms with Gasteiger partial charge >= 0.3 is 0 Å². The summed E-state index contributed by atoms with van der Waals surface area (Å²) in [6.07, 6.45) is 2.49. The highest BCUT2D eigenvalue weighted by Gasteiger charge is 2.27. The van der Waals surface area contributed by atoms with Gasteiger partial charge in [-0.3, -0.25) is 0 Å². The fraction of sp³-hybridized carbons (Fsp3) is 0.733. The van der Waals surface area contributed by atoms with E-state index in [1.165, 1.54) is 0 Å². The third-order valence-electron chi connectivity index (χ3n) is 3.89. The molecule has 1 N–H and O–H groups in total. The van der Waals surface area contributed by atoms with Crippen LogP contribution in [0.3, 0.4) is 0 Å². The van der Waals surface area contributed by atoms with Crippen LogP contribution in [0.25, 0.3) is 0 Å². The average molecular weight is 278 g/mol. The van der Waals surface area contributed by atoms with E-state index in [0.29, 0.717) is 5.92 Å². The third-order valence-corrected chi connectivity index (χ3v) is 3.89. The molecule has 0 saturated carbocycles. The maximum atomic E-state index is 5.58. The van der Waals surface area contributed by atoms with Crippen LogP contribution in [0, 0.1) is 12.8 Å². The molecule has 1 aromatic rings. The van der Waals surface area contributed by atoms with Crippen LogP contribution in [-0.4, -0.2) is 42.8 Å². The zero-order valence-corrected chi connectivity index (χ0v) is 13.0. The lowest BCUT2D eigenvalue weighted by Gasteiger charge is -2.37. The van der Waals surface area contributed by atoms with Crippen LogP contribution < -0.4 is 10.2 Å². The second-order valence-electron chi connectivity index (χ2n) is 5.60. The summed E-state index contributed by atoms with van der Waals surface area (Å²) in [6, 6.07) is 2.06. The van der Waals surface area contributed by atoms with Crippen molar-refractivity contribution < 1.29 is 4.74 Å². The molecule has 1 aliphatic heterocycles. The van der Waals surface area contributed by atoms with Gasteiger partial charge in [-0.1, -0.05) is 13.8 Å². The van der Waals surface area contributed by atoms with Crippen LogP contribution in [0.1, 0.15) is 32.4 Å². The van der Waals surface area contributed by atoms with E-state index in [4.69, 9.17) is 4.74 Å². The molecule has 0 amide bonds. The summed E-state index contributed by atoms with van der Waals surface area (Å²) in [5.74, 6) is 2.34. The van der Waals surface area contributed by atoms with E-state index in [2.05, 4.69) is 40.1 Å². The summed E-state index contributed by atoms with van der Waals surface area (Å²) in [4.78, 5) is 11.4. The van der Waals surface area contributed by atoms with Crippen molar-refractivity contribution in [3.05, 3.63) is 11.8 Å². The Balaban J connectivity index is 2.13. The van der Waals surface area contributed by atoms with Crippen molar-refractivity contribution in [1.29, 1.82) is 0 Å². The van der Waals surface area contributed by atoms with E-state index in [0.717, 1.165) is 49.9 Å². The monoisotopic (exact) mass is 278 g/mol. The Morgan fingerprint density at radius 2 is 2.25 bits per heavy atom. The van der Waals surface area contributed by atoms with Gasteiger partial charge in [-0.2, -0.15) is 4.98 Å². The summed E-state index contributed by atoms with van der Waals surface area (Å²) in [6.45, 7) is 9.25. The number of aromatic nitrogens is 2. The highest BCUT2D eigenvalue weighted by molar-refractivity contribution is 5.45. The smallest absolute Gasteiger partial charge is 0.224 e. The average Bonchev–Trinajstić information content (AvgIpc) is 2.45. The molecule has 2 atom stereocenters. The number of hydrogen-bond donors (Lipinski definition) is 1. The Morgan fingerprint density at radius 3 is 2.95 bits per heavy atom. The predicted molar refractivity (Wildman–Crippen MR) is 82.3 cm³/mol. The Hall–Kier alpha value is -1.36. The van der Waals surface area contributed by atoms with Gasteiger partial charge in [0.15, 0.2) is 0 Å². The summed E-state index contributed by atoms with van der Waals surface area (Å²) >= 11 is 0. The van der Waals surface area contributed by atoms with Gasteiger partial charge in [0.05, 0.1) is 6.10 Å². The molecule has 112 valence electrons. The Kier molecular flexibility index (Phi) is 5.17. The standard InChI is InChI=1S/C15H26N4O/c1-5-7-16-15-17-12(3)9-14(18-15)19-8-6-11(2)13(10-19)20-4/h9,11,13H,5-8,10H2,1-4H3,(H,16,17,18). The number of piperidine rings is 1. The largest absolute Gasteiger partial charge is 0.379 e. The van der Waals surface area contributed by atoms with E-state index >= 15 is 0 Å². The molecule has 5 nitrogen and oxygen atoms in total. The molecule has 5 heteroatoms. The summed E-state index contributed by atoms with van der Waals surface area (Å²) < 4.78 is 5.58. The van der Waals surface area contributed by atoms with Gasteiger partial charge in [-0.25, -0.2) is 4.98 Å². The topological polar surface area (TPSA) is 50.3 Å². The van der Waals surface area contributed by atoms with E-state index in [1.54, 1.807) is 7.11 Å². The third kappa shape index (κ3) is 3.60. The van der Waals surface area contributed by atoms with Gasteiger partial charge in [0.1, 0.15) is 5.82 Å². The number of hydrogen-bond acceptors (Lipinski definition) is 5. The summed E-state index contributed by atoms with van der Waals surface area (Å²) in [7, 11) is 1.80. The van der Waals surface area contributed by atoms with Crippen LogP contribution in [-0.2, 0) is 4.74 Å². The molecule has 2 heterocycles. The number of ether oxygens (including phenoxy) is 1. The highest BCUT2D eigenvalue weighted by Crippen LogP contribution is 2.24. The summed E-state index contributed by atoms with van der Waals surface area (Å²) in [5.41, 5.74) is 1.00. The first-order valence-electron chi connectivity index (χ1n) is 7.51. The molecule has 0 radical (unpaired) electrons. The maximum absolute atomic E-state index is 5.58. The second-order valence-corrected chi connectivity index (χ2v) is 5.60. The molecule has 20 heavy (non-hydrogen) atoms. The fourth-order valence-corrected chi connectivity index (χ4v) is 2.58. The minimum absolute atomic E-state index is 0.283. The minimum atomic E-state index is 0.283. The SMILES string of the molecule is CCCNc1nc(C)cc(N2CCC(C)C(OC)C2)n1. The van der Waals surface area contributed by atoms with Gasteiger partial charge in [-0.15, -0.1) is 0 Å². The second kappa shape index (κ2) is 6.88. The van der Waals surface area contributed by atoms with Crippen molar-refractivity contribution >= 4 is 11.8 Å². The first kappa shape index (κ1) is 15.0. The van der Waals surface area contributed by atoms with Gasteiger partial charge in [0, 0.05) is 38.5 Å². The Bertz CT molecular complexity index is 438. The van der Waals surface area contributed by atoms with Crippen LogP contribution in [0.15, 0.2) is 6.07 Å². The molecule has 1 saturated heterocycles. The van der Waals surface area contributed by atoms with E-state index in [-0.39, 0.29) is 6.10 Å². The molecule has 2 rings (SSSR count). The lowest BCUT2D eigenvalue weighted by molar-refractivity contribution is 0.0496. The molecule has 0 spiro atoms. The predicted octanol–water partition coefficient (Wildman–Crippen LogP) is 2.47. The molecule has 2 unspecified atom stereocenters. The van der Waals surface area contributed by atoms with Gasteiger partial charge in [0.25, 0.3) is 0 Å². The molecule has 1 aromatic heterocycles. The first-order chi connectivity index (χ1) is 9.63. The number of nitrogens with zero attached hydrogens (tertiary/aromatic N) is 3. The quantitative estimate of drug-likeness (QED) is 0.896. The zero-order chi connectivity index (χ0) is 14.5. The van der Waals surface area contributed by atoms with E-state index < -0.39 is 0 Å². The molecular weight excluding hydrogens is 252 g/mol. The van der Waals surface area contributed by atoms with Crippen molar-refractivity contribution in [3.8, 4) is 0 Å². The normalized spacial score (nSPS) is 22.9. The fourth-order valence-electron chi connectivity index (χ4n) is 2.58. The van der Waals surface area contributed by atoms with Crippen molar-refractivity contribution in [2.75, 3.05) is 37.0 Å². The van der Waals surface area contributed by atoms with Crippen molar-refractivity contribution in [3.63, 3.8) is 0 Å². The van der Waals surface area contributed by atoms with Gasteiger partial charge < -0.3 is 15.0 Å². The van der Waals surface area contributed by atoms with Crippen LogP contribution >= 0.6 is 0 Å². The van der Waals surface area contributed by atoms with Crippen molar-refractivity contribution in [2.24, 2.45) is 5.92 Å². The number of aryl methyl sites for hydroxylation is 1. The molecule has 0 aromatic carbocycles. The van der Waals surface area contributed by atoms with E-state index in [9.17, 15) is 0 Å². The zero-order valence-electron chi connectivity index (χ0n) is 13.0. The first-order valence-corrected chi connectivity index (χ1v) is 7.51. The number of anilines is 2. The van der Waals surface area contributed by atoms with Crippen LogP contribution in [0.4, 0.5) is 11.8 Å². The van der Waals surface area contributed by atoms with Crippen LogP contribution in [0.5, 0.6) is 0 Å².